The molecule has 1 aromatic rings. The van der Waals surface area contributed by atoms with Crippen molar-refractivity contribution in [3.8, 4) is 0 Å². The van der Waals surface area contributed by atoms with Crippen LogP contribution >= 0.6 is 11.6 Å². The van der Waals surface area contributed by atoms with Gasteiger partial charge >= 0.3 is 0 Å². The van der Waals surface area contributed by atoms with E-state index in [1.165, 1.54) is 5.56 Å². The van der Waals surface area contributed by atoms with Gasteiger partial charge in [0.15, 0.2) is 0 Å². The Bertz CT molecular complexity index is 301. The van der Waals surface area contributed by atoms with Crippen LogP contribution < -0.4 is 5.32 Å². The van der Waals surface area contributed by atoms with Gasteiger partial charge < -0.3 is 10.4 Å². The molecular weight excluding hydrogens is 210 g/mol. The second-order valence-electron chi connectivity index (χ2n) is 3.77. The van der Waals surface area contributed by atoms with E-state index in [2.05, 4.69) is 18.3 Å². The predicted octanol–water partition coefficient (Wildman–Crippen LogP) is 2.76. The molecule has 0 amide bonds. The van der Waals surface area contributed by atoms with Gasteiger partial charge in [0, 0.05) is 17.6 Å². The maximum absolute atomic E-state index is 9.21. The standard InChI is InChI=1S/C12H18ClNO/c1-3-12(14-8-9(2)15)10-5-4-6-11(13)7-10/h4-7,9,12,14-15H,3,8H2,1-2H3/t9-,12?/m0/s1. The molecule has 0 saturated heterocycles. The molecule has 0 aromatic heterocycles. The number of hydrogen-bond donors (Lipinski definition) is 2. The van der Waals surface area contributed by atoms with E-state index < -0.39 is 0 Å². The molecule has 0 spiro atoms. The Morgan fingerprint density at radius 1 is 1.47 bits per heavy atom. The third kappa shape index (κ3) is 4.20. The Labute approximate surface area is 96.3 Å². The largest absolute Gasteiger partial charge is 0.392 e. The summed E-state index contributed by atoms with van der Waals surface area (Å²) in [6, 6.07) is 8.09. The van der Waals surface area contributed by atoms with Crippen LogP contribution in [0.1, 0.15) is 31.9 Å². The molecule has 2 nitrogen and oxygen atoms in total. The zero-order chi connectivity index (χ0) is 11.3. The summed E-state index contributed by atoms with van der Waals surface area (Å²) < 4.78 is 0. The van der Waals surface area contributed by atoms with Gasteiger partial charge in [-0.25, -0.2) is 0 Å². The first-order valence-electron chi connectivity index (χ1n) is 5.30. The second-order valence-corrected chi connectivity index (χ2v) is 4.21. The van der Waals surface area contributed by atoms with Crippen LogP contribution in [0, 0.1) is 0 Å². The van der Waals surface area contributed by atoms with E-state index in [1.807, 2.05) is 18.2 Å². The van der Waals surface area contributed by atoms with Crippen molar-refractivity contribution in [2.24, 2.45) is 0 Å². The fourth-order valence-electron chi connectivity index (χ4n) is 1.53. The van der Waals surface area contributed by atoms with E-state index in [0.717, 1.165) is 11.4 Å². The van der Waals surface area contributed by atoms with Gasteiger partial charge in [-0.1, -0.05) is 30.7 Å². The van der Waals surface area contributed by atoms with E-state index >= 15 is 0 Å². The first kappa shape index (κ1) is 12.5. The molecule has 1 rings (SSSR count). The molecule has 15 heavy (non-hydrogen) atoms. The number of hydrogen-bond acceptors (Lipinski definition) is 2. The van der Waals surface area contributed by atoms with Crippen LogP contribution in [0.15, 0.2) is 24.3 Å². The van der Waals surface area contributed by atoms with E-state index in [9.17, 15) is 5.11 Å². The Balaban J connectivity index is 2.65. The van der Waals surface area contributed by atoms with Crippen LogP contribution in [0.5, 0.6) is 0 Å². The number of halogens is 1. The lowest BCUT2D eigenvalue weighted by Gasteiger charge is -2.18. The molecule has 0 bridgehead atoms. The molecule has 0 aliphatic rings. The highest BCUT2D eigenvalue weighted by molar-refractivity contribution is 6.30. The quantitative estimate of drug-likeness (QED) is 0.811. The van der Waals surface area contributed by atoms with Crippen molar-refractivity contribution in [2.75, 3.05) is 6.54 Å². The summed E-state index contributed by atoms with van der Waals surface area (Å²) in [6.07, 6.45) is 0.658. The normalized spacial score (nSPS) is 14.9. The highest BCUT2D eigenvalue weighted by Crippen LogP contribution is 2.20. The van der Waals surface area contributed by atoms with Crippen LogP contribution in [0.2, 0.25) is 5.02 Å². The van der Waals surface area contributed by atoms with Crippen molar-refractivity contribution in [2.45, 2.75) is 32.4 Å². The Hall–Kier alpha value is -0.570. The van der Waals surface area contributed by atoms with Crippen molar-refractivity contribution in [3.63, 3.8) is 0 Å². The lowest BCUT2D eigenvalue weighted by molar-refractivity contribution is 0.185. The van der Waals surface area contributed by atoms with Gasteiger partial charge in [0.25, 0.3) is 0 Å². The molecule has 0 aliphatic heterocycles. The van der Waals surface area contributed by atoms with E-state index in [1.54, 1.807) is 6.92 Å². The fourth-order valence-corrected chi connectivity index (χ4v) is 1.73. The van der Waals surface area contributed by atoms with Crippen molar-refractivity contribution < 1.29 is 5.11 Å². The molecule has 0 fully saturated rings. The van der Waals surface area contributed by atoms with Crippen LogP contribution in [0.4, 0.5) is 0 Å². The van der Waals surface area contributed by atoms with Crippen LogP contribution in [0.25, 0.3) is 0 Å². The number of nitrogens with one attached hydrogen (secondary N) is 1. The smallest absolute Gasteiger partial charge is 0.0636 e. The van der Waals surface area contributed by atoms with Crippen molar-refractivity contribution in [1.82, 2.24) is 5.32 Å². The van der Waals surface area contributed by atoms with Gasteiger partial charge in [-0.3, -0.25) is 0 Å². The van der Waals surface area contributed by atoms with Crippen molar-refractivity contribution in [1.29, 1.82) is 0 Å². The molecule has 0 saturated carbocycles. The van der Waals surface area contributed by atoms with Gasteiger partial charge in [-0.15, -0.1) is 0 Å². The Kier molecular flexibility index (Phi) is 5.09. The monoisotopic (exact) mass is 227 g/mol. The molecule has 1 unspecified atom stereocenters. The summed E-state index contributed by atoms with van der Waals surface area (Å²) in [4.78, 5) is 0. The summed E-state index contributed by atoms with van der Waals surface area (Å²) in [5, 5.41) is 13.3. The summed E-state index contributed by atoms with van der Waals surface area (Å²) in [5.74, 6) is 0. The first-order valence-corrected chi connectivity index (χ1v) is 5.68. The zero-order valence-corrected chi connectivity index (χ0v) is 9.96. The maximum Gasteiger partial charge on any atom is 0.0636 e. The lowest BCUT2D eigenvalue weighted by atomic mass is 10.0. The number of rotatable bonds is 5. The van der Waals surface area contributed by atoms with Gasteiger partial charge in [0.05, 0.1) is 6.10 Å². The third-order valence-electron chi connectivity index (χ3n) is 2.32. The Morgan fingerprint density at radius 2 is 2.20 bits per heavy atom. The Morgan fingerprint density at radius 3 is 2.73 bits per heavy atom. The van der Waals surface area contributed by atoms with Gasteiger partial charge in [0.1, 0.15) is 0 Å². The minimum Gasteiger partial charge on any atom is -0.392 e. The highest BCUT2D eigenvalue weighted by atomic mass is 35.5. The summed E-state index contributed by atoms with van der Waals surface area (Å²) in [5.41, 5.74) is 1.17. The van der Waals surface area contributed by atoms with E-state index in [0.29, 0.717) is 6.54 Å². The number of aliphatic hydroxyl groups excluding tert-OH is 1. The second kappa shape index (κ2) is 6.11. The predicted molar refractivity (Wildman–Crippen MR) is 64.2 cm³/mol. The summed E-state index contributed by atoms with van der Waals surface area (Å²) >= 11 is 5.93. The first-order chi connectivity index (χ1) is 7.13. The molecule has 0 heterocycles. The maximum atomic E-state index is 9.21. The summed E-state index contributed by atoms with van der Waals surface area (Å²) in [6.45, 7) is 4.49. The summed E-state index contributed by atoms with van der Waals surface area (Å²) in [7, 11) is 0. The minimum atomic E-state index is -0.321. The number of aliphatic hydroxyl groups is 1. The van der Waals surface area contributed by atoms with Gasteiger partial charge in [-0.05, 0) is 31.0 Å². The molecule has 84 valence electrons. The molecule has 2 N–H and O–H groups in total. The molecule has 3 heteroatoms. The lowest BCUT2D eigenvalue weighted by Crippen LogP contribution is -2.28. The third-order valence-corrected chi connectivity index (χ3v) is 2.55. The van der Waals surface area contributed by atoms with Crippen LogP contribution in [-0.4, -0.2) is 17.8 Å². The average molecular weight is 228 g/mol. The van der Waals surface area contributed by atoms with Crippen molar-refractivity contribution in [3.05, 3.63) is 34.9 Å². The topological polar surface area (TPSA) is 32.3 Å². The SMILES string of the molecule is CCC(NC[C@H](C)O)c1cccc(Cl)c1. The van der Waals surface area contributed by atoms with Gasteiger partial charge in [-0.2, -0.15) is 0 Å². The van der Waals surface area contributed by atoms with E-state index in [-0.39, 0.29) is 12.1 Å². The molecular formula is C12H18ClNO. The molecule has 2 atom stereocenters. The number of benzene rings is 1. The fraction of sp³-hybridized carbons (Fsp3) is 0.500. The molecule has 0 radical (unpaired) electrons. The van der Waals surface area contributed by atoms with Gasteiger partial charge in [0.2, 0.25) is 0 Å². The highest BCUT2D eigenvalue weighted by Gasteiger charge is 2.09. The van der Waals surface area contributed by atoms with Crippen LogP contribution in [0.3, 0.4) is 0 Å². The van der Waals surface area contributed by atoms with Crippen LogP contribution in [-0.2, 0) is 0 Å². The molecule has 1 aromatic carbocycles. The minimum absolute atomic E-state index is 0.262. The average Bonchev–Trinajstić information content (AvgIpc) is 2.18. The molecule has 0 aliphatic carbocycles. The zero-order valence-electron chi connectivity index (χ0n) is 9.20. The van der Waals surface area contributed by atoms with Crippen molar-refractivity contribution >= 4 is 11.6 Å². The van der Waals surface area contributed by atoms with E-state index in [4.69, 9.17) is 11.6 Å².